The molecule has 1 heteroatoms. The van der Waals surface area contributed by atoms with Crippen LogP contribution in [-0.4, -0.2) is 12.6 Å². The third-order valence-corrected chi connectivity index (χ3v) is 3.72. The van der Waals surface area contributed by atoms with Crippen LogP contribution in [0, 0.1) is 5.41 Å². The van der Waals surface area contributed by atoms with Gasteiger partial charge in [0, 0.05) is 18.0 Å². The zero-order chi connectivity index (χ0) is 11.6. The normalized spacial score (nSPS) is 29.6. The highest BCUT2D eigenvalue weighted by Gasteiger charge is 2.34. The van der Waals surface area contributed by atoms with E-state index in [0.717, 1.165) is 6.54 Å². The van der Waals surface area contributed by atoms with Crippen LogP contribution in [0.2, 0.25) is 0 Å². The average molecular weight is 213 g/mol. The van der Waals surface area contributed by atoms with Crippen LogP contribution >= 0.6 is 0 Å². The number of hydrogen-bond acceptors (Lipinski definition) is 1. The second kappa shape index (κ2) is 4.26. The minimum atomic E-state index is 0.0135. The fourth-order valence-corrected chi connectivity index (χ4v) is 2.34. The summed E-state index contributed by atoms with van der Waals surface area (Å²) in [5.41, 5.74) is 2.70. The van der Waals surface area contributed by atoms with Crippen molar-refractivity contribution < 1.29 is 0 Å². The van der Waals surface area contributed by atoms with Crippen LogP contribution in [0.4, 0.5) is 0 Å². The van der Waals surface area contributed by atoms with Gasteiger partial charge < -0.3 is 5.32 Å². The Morgan fingerprint density at radius 1 is 1.38 bits per heavy atom. The van der Waals surface area contributed by atoms with Crippen LogP contribution in [-0.2, 0) is 0 Å². The monoisotopic (exact) mass is 213 g/mol. The van der Waals surface area contributed by atoms with Crippen LogP contribution < -0.4 is 5.32 Å². The van der Waals surface area contributed by atoms with Crippen molar-refractivity contribution >= 4 is 5.57 Å². The lowest BCUT2D eigenvalue weighted by atomic mass is 9.71. The lowest BCUT2D eigenvalue weighted by molar-refractivity contribution is 0.382. The van der Waals surface area contributed by atoms with E-state index in [9.17, 15) is 0 Å². The molecule has 0 bridgehead atoms. The van der Waals surface area contributed by atoms with Crippen molar-refractivity contribution in [3.63, 3.8) is 0 Å². The molecule has 0 spiro atoms. The molecule has 2 rings (SSSR count). The predicted octanol–water partition coefficient (Wildman–Crippen LogP) is 3.25. The number of rotatable bonds is 2. The molecule has 0 aliphatic carbocycles. The van der Waals surface area contributed by atoms with Crippen LogP contribution in [0.25, 0.3) is 5.57 Å². The van der Waals surface area contributed by atoms with Gasteiger partial charge in [0.05, 0.1) is 0 Å². The minimum absolute atomic E-state index is 0.0135. The van der Waals surface area contributed by atoms with Gasteiger partial charge in [0.15, 0.2) is 0 Å². The summed E-state index contributed by atoms with van der Waals surface area (Å²) in [7, 11) is 0. The van der Waals surface area contributed by atoms with Crippen molar-refractivity contribution in [2.75, 3.05) is 6.54 Å². The lowest BCUT2D eigenvalue weighted by Crippen LogP contribution is -2.44. The standard InChI is InChI=1S/C15H19N/c1-4-15(3)12(2)16-11-10-14(15)13-8-6-5-7-9-13/h4-10,12,16H,1,11H2,2-3H3. The third-order valence-electron chi connectivity index (χ3n) is 3.72. The summed E-state index contributed by atoms with van der Waals surface area (Å²) in [4.78, 5) is 0. The van der Waals surface area contributed by atoms with Gasteiger partial charge in [0.1, 0.15) is 0 Å². The van der Waals surface area contributed by atoms with Crippen molar-refractivity contribution in [2.45, 2.75) is 19.9 Å². The van der Waals surface area contributed by atoms with E-state index in [2.05, 4.69) is 68.2 Å². The first kappa shape index (κ1) is 11.2. The molecule has 0 saturated carbocycles. The SMILES string of the molecule is C=CC1(C)C(c2ccccc2)=CCNC1C. The first-order valence-electron chi connectivity index (χ1n) is 5.81. The Hall–Kier alpha value is -1.34. The van der Waals surface area contributed by atoms with Gasteiger partial charge in [-0.05, 0) is 18.1 Å². The van der Waals surface area contributed by atoms with Crippen LogP contribution in [0.3, 0.4) is 0 Å². The Labute approximate surface area is 97.9 Å². The lowest BCUT2D eigenvalue weighted by Gasteiger charge is -2.39. The second-order valence-corrected chi connectivity index (χ2v) is 4.60. The average Bonchev–Trinajstić information content (AvgIpc) is 2.34. The molecule has 0 radical (unpaired) electrons. The first-order chi connectivity index (χ1) is 7.68. The van der Waals surface area contributed by atoms with Gasteiger partial charge in [-0.25, -0.2) is 0 Å². The minimum Gasteiger partial charge on any atom is -0.310 e. The molecule has 1 aliphatic heterocycles. The van der Waals surface area contributed by atoms with Crippen LogP contribution in [0.5, 0.6) is 0 Å². The maximum atomic E-state index is 4.00. The maximum Gasteiger partial charge on any atom is 0.0255 e. The molecule has 0 amide bonds. The zero-order valence-electron chi connectivity index (χ0n) is 10.0. The van der Waals surface area contributed by atoms with Gasteiger partial charge in [-0.1, -0.05) is 49.4 Å². The van der Waals surface area contributed by atoms with Crippen molar-refractivity contribution in [1.82, 2.24) is 5.32 Å². The zero-order valence-corrected chi connectivity index (χ0v) is 10.0. The molecular weight excluding hydrogens is 194 g/mol. The third kappa shape index (κ3) is 1.72. The van der Waals surface area contributed by atoms with Gasteiger partial charge in [0.2, 0.25) is 0 Å². The summed E-state index contributed by atoms with van der Waals surface area (Å²) in [5.74, 6) is 0. The quantitative estimate of drug-likeness (QED) is 0.744. The molecule has 1 heterocycles. The molecule has 1 N–H and O–H groups in total. The molecule has 1 aromatic rings. The van der Waals surface area contributed by atoms with Gasteiger partial charge in [0.25, 0.3) is 0 Å². The van der Waals surface area contributed by atoms with E-state index < -0.39 is 0 Å². The van der Waals surface area contributed by atoms with E-state index in [1.165, 1.54) is 11.1 Å². The smallest absolute Gasteiger partial charge is 0.0255 e. The van der Waals surface area contributed by atoms with E-state index in [0.29, 0.717) is 6.04 Å². The predicted molar refractivity (Wildman–Crippen MR) is 70.2 cm³/mol. The summed E-state index contributed by atoms with van der Waals surface area (Å²) in [5, 5.41) is 3.48. The fraction of sp³-hybridized carbons (Fsp3) is 0.333. The highest BCUT2D eigenvalue weighted by molar-refractivity contribution is 5.73. The Bertz CT molecular complexity index is 405. The molecular formula is C15H19N. The van der Waals surface area contributed by atoms with E-state index in [1.54, 1.807) is 0 Å². The van der Waals surface area contributed by atoms with Crippen molar-refractivity contribution in [2.24, 2.45) is 5.41 Å². The van der Waals surface area contributed by atoms with Crippen molar-refractivity contribution in [3.8, 4) is 0 Å². The summed E-state index contributed by atoms with van der Waals surface area (Å²) >= 11 is 0. The number of benzene rings is 1. The second-order valence-electron chi connectivity index (χ2n) is 4.60. The van der Waals surface area contributed by atoms with Gasteiger partial charge in [-0.2, -0.15) is 0 Å². The van der Waals surface area contributed by atoms with Crippen molar-refractivity contribution in [3.05, 3.63) is 54.6 Å². The number of hydrogen-bond donors (Lipinski definition) is 1. The summed E-state index contributed by atoms with van der Waals surface area (Å²) < 4.78 is 0. The van der Waals surface area contributed by atoms with Crippen molar-refractivity contribution in [1.29, 1.82) is 0 Å². The van der Waals surface area contributed by atoms with Gasteiger partial charge >= 0.3 is 0 Å². The van der Waals surface area contributed by atoms with E-state index in [4.69, 9.17) is 0 Å². The molecule has 1 nitrogen and oxygen atoms in total. The molecule has 16 heavy (non-hydrogen) atoms. The molecule has 0 aromatic heterocycles. The molecule has 0 fully saturated rings. The van der Waals surface area contributed by atoms with E-state index in [-0.39, 0.29) is 5.41 Å². The Morgan fingerprint density at radius 2 is 2.06 bits per heavy atom. The molecule has 1 aromatic carbocycles. The first-order valence-corrected chi connectivity index (χ1v) is 5.81. The molecule has 2 atom stereocenters. The fourth-order valence-electron chi connectivity index (χ4n) is 2.34. The van der Waals surface area contributed by atoms with Gasteiger partial charge in [-0.15, -0.1) is 6.58 Å². The van der Waals surface area contributed by atoms with Crippen LogP contribution in [0.1, 0.15) is 19.4 Å². The summed E-state index contributed by atoms with van der Waals surface area (Å²) in [6.07, 6.45) is 4.33. The highest BCUT2D eigenvalue weighted by Crippen LogP contribution is 2.40. The summed E-state index contributed by atoms with van der Waals surface area (Å²) in [6, 6.07) is 11.0. The molecule has 84 valence electrons. The topological polar surface area (TPSA) is 12.0 Å². The van der Waals surface area contributed by atoms with Crippen LogP contribution in [0.15, 0.2) is 49.1 Å². The Morgan fingerprint density at radius 3 is 2.69 bits per heavy atom. The maximum absolute atomic E-state index is 4.00. The Kier molecular flexibility index (Phi) is 2.97. The van der Waals surface area contributed by atoms with E-state index in [1.807, 2.05) is 0 Å². The molecule has 1 aliphatic rings. The summed E-state index contributed by atoms with van der Waals surface area (Å²) in [6.45, 7) is 9.41. The Balaban J connectivity index is 2.47. The molecule has 0 saturated heterocycles. The van der Waals surface area contributed by atoms with Gasteiger partial charge in [-0.3, -0.25) is 0 Å². The van der Waals surface area contributed by atoms with E-state index >= 15 is 0 Å². The molecule has 2 unspecified atom stereocenters. The largest absolute Gasteiger partial charge is 0.310 e. The number of nitrogens with one attached hydrogen (secondary N) is 1. The highest BCUT2D eigenvalue weighted by atomic mass is 14.9.